The van der Waals surface area contributed by atoms with E-state index in [1.807, 2.05) is 24.3 Å². The Labute approximate surface area is 133 Å². The number of anilines is 1. The van der Waals surface area contributed by atoms with Gasteiger partial charge in [-0.05, 0) is 66.5 Å². The molecule has 0 aliphatic carbocycles. The highest BCUT2D eigenvalue weighted by molar-refractivity contribution is 7.78. The molecule has 22 heavy (non-hydrogen) atoms. The quantitative estimate of drug-likeness (QED) is 0.590. The first-order chi connectivity index (χ1) is 10.7. The normalized spacial score (nSPS) is 10.4. The van der Waals surface area contributed by atoms with Crippen molar-refractivity contribution < 1.29 is 0 Å². The molecule has 1 aromatic heterocycles. The van der Waals surface area contributed by atoms with Gasteiger partial charge in [-0.3, -0.25) is 0 Å². The molecule has 0 saturated heterocycles. The molecular formula is C17H14N4S. The van der Waals surface area contributed by atoms with Crippen molar-refractivity contribution in [2.75, 3.05) is 5.73 Å². The summed E-state index contributed by atoms with van der Waals surface area (Å²) in [5.41, 5.74) is 10.9. The molecule has 0 aliphatic rings. The van der Waals surface area contributed by atoms with Gasteiger partial charge in [-0.1, -0.05) is 12.1 Å². The number of hydrogen-bond donors (Lipinski definition) is 1. The van der Waals surface area contributed by atoms with Crippen LogP contribution >= 0.6 is 12.2 Å². The van der Waals surface area contributed by atoms with Crippen molar-refractivity contribution in [3.8, 4) is 0 Å². The monoisotopic (exact) mass is 306 g/mol. The lowest BCUT2D eigenvalue weighted by molar-refractivity contribution is 1.15. The van der Waals surface area contributed by atoms with Crippen molar-refractivity contribution in [2.24, 2.45) is 4.99 Å². The van der Waals surface area contributed by atoms with E-state index in [1.54, 1.807) is 6.20 Å². The number of nitrogen functional groups attached to an aromatic ring is 1. The van der Waals surface area contributed by atoms with Gasteiger partial charge < -0.3 is 5.73 Å². The van der Waals surface area contributed by atoms with Crippen LogP contribution in [0.2, 0.25) is 0 Å². The number of fused-ring (bicyclic) bond motifs is 1. The third-order valence-electron chi connectivity index (χ3n) is 3.56. The minimum absolute atomic E-state index is 0.293. The van der Waals surface area contributed by atoms with Gasteiger partial charge in [0.1, 0.15) is 0 Å². The van der Waals surface area contributed by atoms with Gasteiger partial charge in [0, 0.05) is 11.6 Å². The van der Waals surface area contributed by atoms with Gasteiger partial charge in [0.15, 0.2) is 0 Å². The van der Waals surface area contributed by atoms with E-state index in [0.29, 0.717) is 5.95 Å². The van der Waals surface area contributed by atoms with E-state index in [0.717, 1.165) is 23.0 Å². The van der Waals surface area contributed by atoms with Crippen molar-refractivity contribution in [3.63, 3.8) is 0 Å². The predicted octanol–water partition coefficient (Wildman–Crippen LogP) is 3.85. The number of nitrogens with zero attached hydrogens (tertiary/aromatic N) is 3. The minimum atomic E-state index is 0.293. The number of nitrogens with two attached hydrogens (primary N) is 1. The summed E-state index contributed by atoms with van der Waals surface area (Å²) in [7, 11) is 0. The zero-order valence-electron chi connectivity index (χ0n) is 12.1. The molecule has 2 aromatic carbocycles. The highest BCUT2D eigenvalue weighted by Gasteiger charge is 2.04. The van der Waals surface area contributed by atoms with E-state index >= 15 is 0 Å². The molecule has 1 heterocycles. The number of aryl methyl sites for hydroxylation is 1. The third kappa shape index (κ3) is 3.01. The maximum atomic E-state index is 5.60. The fraction of sp³-hybridized carbons (Fsp3) is 0.118. The average molecular weight is 306 g/mol. The summed E-state index contributed by atoms with van der Waals surface area (Å²) in [5.74, 6) is 0.293. The third-order valence-corrected chi connectivity index (χ3v) is 3.66. The summed E-state index contributed by atoms with van der Waals surface area (Å²) in [6.07, 6.45) is 2.56. The smallest absolute Gasteiger partial charge is 0.220 e. The summed E-state index contributed by atoms with van der Waals surface area (Å²) in [4.78, 5) is 12.3. The van der Waals surface area contributed by atoms with Gasteiger partial charge in [0.25, 0.3) is 0 Å². The van der Waals surface area contributed by atoms with Crippen molar-refractivity contribution in [1.29, 1.82) is 0 Å². The van der Waals surface area contributed by atoms with Gasteiger partial charge in [-0.15, -0.1) is 0 Å². The van der Waals surface area contributed by atoms with Gasteiger partial charge in [0.2, 0.25) is 5.95 Å². The van der Waals surface area contributed by atoms with Crippen LogP contribution in [0.3, 0.4) is 0 Å². The zero-order chi connectivity index (χ0) is 15.5. The van der Waals surface area contributed by atoms with E-state index in [2.05, 4.69) is 51.4 Å². The lowest BCUT2D eigenvalue weighted by Crippen LogP contribution is -1.96. The molecule has 2 N–H and O–H groups in total. The molecule has 4 nitrogen and oxygen atoms in total. The van der Waals surface area contributed by atoms with Gasteiger partial charge in [-0.25, -0.2) is 9.97 Å². The highest BCUT2D eigenvalue weighted by atomic mass is 32.1. The molecule has 3 rings (SSSR count). The Morgan fingerprint density at radius 1 is 1.23 bits per heavy atom. The summed E-state index contributed by atoms with van der Waals surface area (Å²) < 4.78 is 0. The first-order valence-electron chi connectivity index (χ1n) is 6.84. The molecule has 0 radical (unpaired) electrons. The summed E-state index contributed by atoms with van der Waals surface area (Å²) >= 11 is 4.66. The Hall–Kier alpha value is -2.62. The van der Waals surface area contributed by atoms with Crippen LogP contribution in [-0.4, -0.2) is 15.1 Å². The molecule has 3 aromatic rings. The van der Waals surface area contributed by atoms with Crippen molar-refractivity contribution in [1.82, 2.24) is 9.97 Å². The van der Waals surface area contributed by atoms with E-state index in [1.165, 1.54) is 16.7 Å². The van der Waals surface area contributed by atoms with Crippen LogP contribution in [0.4, 0.5) is 11.6 Å². The van der Waals surface area contributed by atoms with Crippen LogP contribution in [0.25, 0.3) is 10.9 Å². The number of hydrogen-bond acceptors (Lipinski definition) is 5. The van der Waals surface area contributed by atoms with E-state index in [-0.39, 0.29) is 0 Å². The van der Waals surface area contributed by atoms with Crippen molar-refractivity contribution in [2.45, 2.75) is 13.3 Å². The van der Waals surface area contributed by atoms with E-state index in [4.69, 9.17) is 5.73 Å². The van der Waals surface area contributed by atoms with Gasteiger partial charge in [0.05, 0.1) is 16.4 Å². The lowest BCUT2D eigenvalue weighted by Gasteiger charge is -2.08. The number of aliphatic imine (C=N–C) groups is 1. The second-order valence-electron chi connectivity index (χ2n) is 5.11. The minimum Gasteiger partial charge on any atom is -0.368 e. The standard InChI is InChI=1S/C17H14N4S/c1-11-2-4-15(20-10-22)8-13(11)6-12-3-5-16-14(7-12)9-19-17(18)21-16/h2-5,7-9H,6H2,1H3,(H2,18,19,21). The molecule has 0 aliphatic heterocycles. The van der Waals surface area contributed by atoms with Crippen LogP contribution < -0.4 is 5.73 Å². The first-order valence-corrected chi connectivity index (χ1v) is 7.25. The maximum Gasteiger partial charge on any atom is 0.220 e. The number of rotatable bonds is 3. The molecular weight excluding hydrogens is 292 g/mol. The van der Waals surface area contributed by atoms with Crippen LogP contribution in [0.15, 0.2) is 47.6 Å². The molecule has 0 saturated carbocycles. The number of aromatic nitrogens is 2. The van der Waals surface area contributed by atoms with Crippen molar-refractivity contribution >= 4 is 39.9 Å². The molecule has 5 heteroatoms. The highest BCUT2D eigenvalue weighted by Crippen LogP contribution is 2.22. The molecule has 0 bridgehead atoms. The molecule has 0 amide bonds. The maximum absolute atomic E-state index is 5.60. The fourth-order valence-electron chi connectivity index (χ4n) is 2.40. The molecule has 0 fully saturated rings. The average Bonchev–Trinajstić information content (AvgIpc) is 2.51. The number of isothiocyanates is 1. The number of benzene rings is 2. The summed E-state index contributed by atoms with van der Waals surface area (Å²) in [5, 5.41) is 3.39. The Kier molecular flexibility index (Phi) is 3.92. The zero-order valence-corrected chi connectivity index (χ0v) is 12.9. The number of thiocarbonyl (C=S) groups is 1. The predicted molar refractivity (Wildman–Crippen MR) is 92.6 cm³/mol. The fourth-order valence-corrected chi connectivity index (χ4v) is 2.50. The SMILES string of the molecule is Cc1ccc(N=C=S)cc1Cc1ccc2nc(N)ncc2c1. The van der Waals surface area contributed by atoms with Crippen molar-refractivity contribution in [3.05, 3.63) is 59.3 Å². The van der Waals surface area contributed by atoms with E-state index in [9.17, 15) is 0 Å². The second-order valence-corrected chi connectivity index (χ2v) is 5.29. The van der Waals surface area contributed by atoms with Gasteiger partial charge >= 0.3 is 0 Å². The topological polar surface area (TPSA) is 64.2 Å². The van der Waals surface area contributed by atoms with E-state index < -0.39 is 0 Å². The van der Waals surface area contributed by atoms with Gasteiger partial charge in [-0.2, -0.15) is 4.99 Å². The Bertz CT molecular complexity index is 898. The molecule has 0 atom stereocenters. The first kappa shape index (κ1) is 14.3. The van der Waals surface area contributed by atoms with Crippen LogP contribution in [0.1, 0.15) is 16.7 Å². The summed E-state index contributed by atoms with van der Waals surface area (Å²) in [6.45, 7) is 2.09. The Balaban J connectivity index is 1.97. The van der Waals surface area contributed by atoms with Crippen LogP contribution in [-0.2, 0) is 6.42 Å². The van der Waals surface area contributed by atoms with Crippen LogP contribution in [0.5, 0.6) is 0 Å². The molecule has 108 valence electrons. The second kappa shape index (κ2) is 6.02. The summed E-state index contributed by atoms with van der Waals surface area (Å²) in [6, 6.07) is 12.1. The Morgan fingerprint density at radius 2 is 2.09 bits per heavy atom. The molecule has 0 spiro atoms. The molecule has 0 unspecified atom stereocenters. The largest absolute Gasteiger partial charge is 0.368 e. The van der Waals surface area contributed by atoms with Crippen LogP contribution in [0, 0.1) is 6.92 Å². The Morgan fingerprint density at radius 3 is 2.91 bits per heavy atom. The lowest BCUT2D eigenvalue weighted by atomic mass is 9.99.